The van der Waals surface area contributed by atoms with Crippen LogP contribution in [0.25, 0.3) is 0 Å². The van der Waals surface area contributed by atoms with E-state index in [1.807, 2.05) is 0 Å². The number of esters is 1. The van der Waals surface area contributed by atoms with E-state index in [-0.39, 0.29) is 6.61 Å². The predicted octanol–water partition coefficient (Wildman–Crippen LogP) is -0.133. The standard InChI is InChI=1S/C7H11NO4/c1-3-12-7(11)5(4(2)9)6(8)10/h9H,3H2,1-2H3,(H2,8,10)/b5-4+. The maximum Gasteiger partial charge on any atom is 0.347 e. The highest BCUT2D eigenvalue weighted by atomic mass is 16.5. The fraction of sp³-hybridized carbons (Fsp3) is 0.429. The van der Waals surface area contributed by atoms with Gasteiger partial charge in [-0.25, -0.2) is 4.79 Å². The molecule has 0 aromatic rings. The number of carbonyl (C=O) groups is 2. The lowest BCUT2D eigenvalue weighted by atomic mass is 10.2. The van der Waals surface area contributed by atoms with Crippen LogP contribution in [0.2, 0.25) is 0 Å². The summed E-state index contributed by atoms with van der Waals surface area (Å²) in [5.41, 5.74) is 4.31. The Morgan fingerprint density at radius 3 is 2.25 bits per heavy atom. The number of allylic oxidation sites excluding steroid dienone is 1. The van der Waals surface area contributed by atoms with Gasteiger partial charge >= 0.3 is 5.97 Å². The maximum absolute atomic E-state index is 10.9. The van der Waals surface area contributed by atoms with Crippen LogP contribution >= 0.6 is 0 Å². The number of amides is 1. The Labute approximate surface area is 69.8 Å². The van der Waals surface area contributed by atoms with Crippen LogP contribution in [0.5, 0.6) is 0 Å². The average molecular weight is 173 g/mol. The van der Waals surface area contributed by atoms with Crippen LogP contribution in [0.1, 0.15) is 13.8 Å². The Morgan fingerprint density at radius 1 is 1.50 bits per heavy atom. The van der Waals surface area contributed by atoms with E-state index in [1.165, 1.54) is 6.92 Å². The minimum absolute atomic E-state index is 0.128. The summed E-state index contributed by atoms with van der Waals surface area (Å²) in [5, 5.41) is 8.86. The van der Waals surface area contributed by atoms with Gasteiger partial charge in [-0.2, -0.15) is 0 Å². The second-order valence-electron chi connectivity index (χ2n) is 2.05. The van der Waals surface area contributed by atoms with Gasteiger partial charge in [-0.05, 0) is 13.8 Å². The zero-order chi connectivity index (χ0) is 9.72. The largest absolute Gasteiger partial charge is 0.512 e. The molecule has 5 heteroatoms. The van der Waals surface area contributed by atoms with Crippen LogP contribution in [-0.2, 0) is 14.3 Å². The van der Waals surface area contributed by atoms with Gasteiger partial charge in [0.1, 0.15) is 5.76 Å². The van der Waals surface area contributed by atoms with Gasteiger partial charge in [0.25, 0.3) is 5.91 Å². The molecule has 5 nitrogen and oxygen atoms in total. The molecule has 0 bridgehead atoms. The molecule has 0 unspecified atom stereocenters. The Hall–Kier alpha value is -1.52. The van der Waals surface area contributed by atoms with E-state index in [0.717, 1.165) is 0 Å². The molecule has 1 amide bonds. The SMILES string of the molecule is CCOC(=O)/C(C(N)=O)=C(\C)O. The number of hydrogen-bond donors (Lipinski definition) is 2. The minimum atomic E-state index is -0.992. The molecule has 0 atom stereocenters. The number of aliphatic hydroxyl groups is 1. The van der Waals surface area contributed by atoms with Crippen molar-refractivity contribution in [3.63, 3.8) is 0 Å². The molecule has 68 valence electrons. The molecular formula is C7H11NO4. The smallest absolute Gasteiger partial charge is 0.347 e. The number of hydrogen-bond acceptors (Lipinski definition) is 4. The topological polar surface area (TPSA) is 89.6 Å². The lowest BCUT2D eigenvalue weighted by Crippen LogP contribution is -2.23. The van der Waals surface area contributed by atoms with Crippen LogP contribution in [-0.4, -0.2) is 23.6 Å². The van der Waals surface area contributed by atoms with Crippen molar-refractivity contribution in [1.29, 1.82) is 0 Å². The molecule has 0 spiro atoms. The highest BCUT2D eigenvalue weighted by molar-refractivity contribution is 6.16. The van der Waals surface area contributed by atoms with Crippen LogP contribution in [0.4, 0.5) is 0 Å². The molecule has 0 aliphatic rings. The molecule has 0 rings (SSSR count). The number of carbonyl (C=O) groups excluding carboxylic acids is 2. The Kier molecular flexibility index (Phi) is 3.82. The number of ether oxygens (including phenoxy) is 1. The molecule has 0 aromatic heterocycles. The van der Waals surface area contributed by atoms with Gasteiger partial charge < -0.3 is 15.6 Å². The van der Waals surface area contributed by atoms with Gasteiger partial charge in [-0.1, -0.05) is 0 Å². The lowest BCUT2D eigenvalue weighted by molar-refractivity contribution is -0.140. The van der Waals surface area contributed by atoms with Crippen LogP contribution < -0.4 is 5.73 Å². The summed E-state index contributed by atoms with van der Waals surface area (Å²) in [6.07, 6.45) is 0. The number of primary amides is 1. The molecule has 12 heavy (non-hydrogen) atoms. The highest BCUT2D eigenvalue weighted by Crippen LogP contribution is 2.02. The van der Waals surface area contributed by atoms with Crippen molar-refractivity contribution >= 4 is 11.9 Å². The third-order valence-electron chi connectivity index (χ3n) is 1.09. The normalized spacial score (nSPS) is 11.8. The van der Waals surface area contributed by atoms with Crippen LogP contribution in [0.15, 0.2) is 11.3 Å². The van der Waals surface area contributed by atoms with E-state index in [4.69, 9.17) is 10.8 Å². The second-order valence-corrected chi connectivity index (χ2v) is 2.05. The molecular weight excluding hydrogens is 162 g/mol. The predicted molar refractivity (Wildman–Crippen MR) is 41.2 cm³/mol. The Bertz CT molecular complexity index is 228. The summed E-state index contributed by atoms with van der Waals surface area (Å²) in [4.78, 5) is 21.4. The van der Waals surface area contributed by atoms with Gasteiger partial charge in [-0.15, -0.1) is 0 Å². The van der Waals surface area contributed by atoms with Crippen molar-refractivity contribution in [2.24, 2.45) is 5.73 Å². The van der Waals surface area contributed by atoms with E-state index in [9.17, 15) is 9.59 Å². The second kappa shape index (κ2) is 4.38. The molecule has 0 fully saturated rings. The van der Waals surface area contributed by atoms with Gasteiger partial charge in [0.15, 0.2) is 5.57 Å². The number of aliphatic hydroxyl groups excluding tert-OH is 1. The Balaban J connectivity index is 4.67. The van der Waals surface area contributed by atoms with Crippen molar-refractivity contribution in [2.45, 2.75) is 13.8 Å². The monoisotopic (exact) mass is 173 g/mol. The number of rotatable bonds is 3. The summed E-state index contributed by atoms with van der Waals surface area (Å²) in [5.74, 6) is -2.32. The number of nitrogens with two attached hydrogens (primary N) is 1. The van der Waals surface area contributed by atoms with Gasteiger partial charge in [0.2, 0.25) is 0 Å². The molecule has 0 radical (unpaired) electrons. The van der Waals surface area contributed by atoms with E-state index < -0.39 is 23.2 Å². The maximum atomic E-state index is 10.9. The third kappa shape index (κ3) is 2.61. The molecule has 3 N–H and O–H groups in total. The summed E-state index contributed by atoms with van der Waals surface area (Å²) >= 11 is 0. The van der Waals surface area contributed by atoms with Gasteiger partial charge in [0.05, 0.1) is 6.61 Å². The van der Waals surface area contributed by atoms with Crippen molar-refractivity contribution in [3.05, 3.63) is 11.3 Å². The fourth-order valence-electron chi connectivity index (χ4n) is 0.630. The average Bonchev–Trinajstić information content (AvgIpc) is 1.85. The van der Waals surface area contributed by atoms with E-state index >= 15 is 0 Å². The quantitative estimate of drug-likeness (QED) is 0.204. The first-order valence-electron chi connectivity index (χ1n) is 3.37. The summed E-state index contributed by atoms with van der Waals surface area (Å²) in [6, 6.07) is 0. The first-order chi connectivity index (χ1) is 5.50. The van der Waals surface area contributed by atoms with E-state index in [0.29, 0.717) is 0 Å². The highest BCUT2D eigenvalue weighted by Gasteiger charge is 2.19. The van der Waals surface area contributed by atoms with E-state index in [1.54, 1.807) is 6.92 Å². The third-order valence-corrected chi connectivity index (χ3v) is 1.09. The van der Waals surface area contributed by atoms with Crippen LogP contribution in [0.3, 0.4) is 0 Å². The van der Waals surface area contributed by atoms with Gasteiger partial charge in [0, 0.05) is 0 Å². The minimum Gasteiger partial charge on any atom is -0.512 e. The lowest BCUT2D eigenvalue weighted by Gasteiger charge is -2.03. The first kappa shape index (κ1) is 10.5. The molecule has 0 aliphatic heterocycles. The van der Waals surface area contributed by atoms with E-state index in [2.05, 4.69) is 4.74 Å². The van der Waals surface area contributed by atoms with Crippen LogP contribution in [0, 0.1) is 0 Å². The van der Waals surface area contributed by atoms with Crippen molar-refractivity contribution in [1.82, 2.24) is 0 Å². The molecule has 0 saturated heterocycles. The Morgan fingerprint density at radius 2 is 2.00 bits per heavy atom. The summed E-state index contributed by atoms with van der Waals surface area (Å²) in [7, 11) is 0. The summed E-state index contributed by atoms with van der Waals surface area (Å²) < 4.78 is 4.47. The molecule has 0 aromatic carbocycles. The molecule has 0 saturated carbocycles. The first-order valence-corrected chi connectivity index (χ1v) is 3.37. The molecule has 0 aliphatic carbocycles. The van der Waals surface area contributed by atoms with Crippen molar-refractivity contribution in [3.8, 4) is 0 Å². The van der Waals surface area contributed by atoms with Gasteiger partial charge in [-0.3, -0.25) is 4.79 Å². The fourth-order valence-corrected chi connectivity index (χ4v) is 0.630. The molecule has 0 heterocycles. The van der Waals surface area contributed by atoms with Crippen molar-refractivity contribution < 1.29 is 19.4 Å². The summed E-state index contributed by atoms with van der Waals surface area (Å²) in [6.45, 7) is 2.91. The van der Waals surface area contributed by atoms with Crippen molar-refractivity contribution in [2.75, 3.05) is 6.61 Å². The zero-order valence-electron chi connectivity index (χ0n) is 6.96. The zero-order valence-corrected chi connectivity index (χ0v) is 6.96.